The molecule has 5 atom stereocenters. The second kappa shape index (κ2) is 14.6. The minimum absolute atomic E-state index is 0.0216. The number of ether oxygens (including phenoxy) is 3. The first-order valence-corrected chi connectivity index (χ1v) is 14.6. The molecule has 0 bridgehead atoms. The molecule has 2 aliphatic heterocycles. The molecule has 3 aromatic rings. The molecular weight excluding hydrogens is 550 g/mol. The quantitative estimate of drug-likeness (QED) is 0.264. The number of methoxy groups -OCH3 is 1. The molecule has 43 heavy (non-hydrogen) atoms. The van der Waals surface area contributed by atoms with Gasteiger partial charge in [-0.2, -0.15) is 0 Å². The predicted molar refractivity (Wildman–Crippen MR) is 160 cm³/mol. The minimum atomic E-state index is -0.840. The normalized spacial score (nSPS) is 23.0. The molecule has 0 aromatic heterocycles. The SMILES string of the molecule is COC(=O)[C@H](Cc1ccccc1)NC(=O)Nc1ccc([C@@H]2O[C@H](CN3CC[C@H](O)C3)C[C@H](c3ccc(CO)cc3)O2)cc1. The third-order valence-electron chi connectivity index (χ3n) is 7.84. The van der Waals surface area contributed by atoms with Crippen LogP contribution in [0.15, 0.2) is 78.9 Å². The van der Waals surface area contributed by atoms with Gasteiger partial charge < -0.3 is 35.1 Å². The van der Waals surface area contributed by atoms with E-state index in [1.165, 1.54) is 7.11 Å². The number of nitrogens with zero attached hydrogens (tertiary/aromatic N) is 1. The van der Waals surface area contributed by atoms with Gasteiger partial charge in [0.2, 0.25) is 0 Å². The summed E-state index contributed by atoms with van der Waals surface area (Å²) < 4.78 is 17.7. The van der Waals surface area contributed by atoms with Gasteiger partial charge in [0, 0.05) is 43.7 Å². The average Bonchev–Trinajstić information content (AvgIpc) is 3.45. The van der Waals surface area contributed by atoms with E-state index in [0.29, 0.717) is 31.6 Å². The number of amides is 2. The molecule has 3 aromatic carbocycles. The van der Waals surface area contributed by atoms with Gasteiger partial charge in [-0.1, -0.05) is 66.7 Å². The molecule has 2 amide bonds. The topological polar surface area (TPSA) is 130 Å². The Morgan fingerprint density at radius 3 is 2.35 bits per heavy atom. The van der Waals surface area contributed by atoms with Crippen molar-refractivity contribution in [2.45, 2.75) is 56.5 Å². The van der Waals surface area contributed by atoms with Crippen LogP contribution in [0.5, 0.6) is 0 Å². The molecular formula is C33H39N3O7. The zero-order valence-corrected chi connectivity index (χ0v) is 24.2. The Morgan fingerprint density at radius 1 is 0.977 bits per heavy atom. The largest absolute Gasteiger partial charge is 0.467 e. The molecule has 0 spiro atoms. The summed E-state index contributed by atoms with van der Waals surface area (Å²) in [6.45, 7) is 2.12. The van der Waals surface area contributed by atoms with Crippen molar-refractivity contribution in [3.63, 3.8) is 0 Å². The highest BCUT2D eigenvalue weighted by Crippen LogP contribution is 2.38. The van der Waals surface area contributed by atoms with Crippen LogP contribution in [0.25, 0.3) is 0 Å². The Balaban J connectivity index is 1.24. The van der Waals surface area contributed by atoms with Crippen molar-refractivity contribution in [3.8, 4) is 0 Å². The predicted octanol–water partition coefficient (Wildman–Crippen LogP) is 3.70. The van der Waals surface area contributed by atoms with Gasteiger partial charge in [-0.15, -0.1) is 0 Å². The summed E-state index contributed by atoms with van der Waals surface area (Å²) >= 11 is 0. The van der Waals surface area contributed by atoms with E-state index >= 15 is 0 Å². The van der Waals surface area contributed by atoms with Crippen LogP contribution in [-0.2, 0) is 32.0 Å². The summed E-state index contributed by atoms with van der Waals surface area (Å²) in [7, 11) is 1.29. The van der Waals surface area contributed by atoms with Crippen molar-refractivity contribution in [3.05, 3.63) is 101 Å². The van der Waals surface area contributed by atoms with Gasteiger partial charge in [-0.3, -0.25) is 4.90 Å². The van der Waals surface area contributed by atoms with Crippen LogP contribution in [0.1, 0.15) is 47.5 Å². The number of esters is 1. The number of hydrogen-bond donors (Lipinski definition) is 4. The van der Waals surface area contributed by atoms with Gasteiger partial charge in [-0.05, 0) is 35.2 Å². The molecule has 2 aliphatic rings. The van der Waals surface area contributed by atoms with E-state index in [2.05, 4.69) is 15.5 Å². The smallest absolute Gasteiger partial charge is 0.328 e. The Bertz CT molecular complexity index is 1340. The highest BCUT2D eigenvalue weighted by atomic mass is 16.7. The maximum atomic E-state index is 12.8. The molecule has 2 saturated heterocycles. The number of benzene rings is 3. The lowest BCUT2D eigenvalue weighted by Gasteiger charge is -2.37. The van der Waals surface area contributed by atoms with Crippen LogP contribution < -0.4 is 10.6 Å². The molecule has 0 saturated carbocycles. The van der Waals surface area contributed by atoms with Crippen LogP contribution >= 0.6 is 0 Å². The number of likely N-dealkylation sites (tertiary alicyclic amines) is 1. The first-order chi connectivity index (χ1) is 20.9. The maximum Gasteiger partial charge on any atom is 0.328 e. The lowest BCUT2D eigenvalue weighted by Crippen LogP contribution is -2.45. The third-order valence-corrected chi connectivity index (χ3v) is 7.84. The number of aliphatic hydroxyl groups is 2. The third kappa shape index (κ3) is 8.40. The Morgan fingerprint density at radius 2 is 1.70 bits per heavy atom. The van der Waals surface area contributed by atoms with Gasteiger partial charge in [0.25, 0.3) is 0 Å². The number of carbonyl (C=O) groups is 2. The minimum Gasteiger partial charge on any atom is -0.467 e. The molecule has 10 nitrogen and oxygen atoms in total. The zero-order valence-electron chi connectivity index (χ0n) is 24.2. The van der Waals surface area contributed by atoms with Crippen molar-refractivity contribution < 1.29 is 34.0 Å². The molecule has 5 rings (SSSR count). The van der Waals surface area contributed by atoms with E-state index in [0.717, 1.165) is 35.2 Å². The molecule has 0 radical (unpaired) electrons. The lowest BCUT2D eigenvalue weighted by atomic mass is 9.99. The second-order valence-corrected chi connectivity index (χ2v) is 11.0. The monoisotopic (exact) mass is 589 g/mol. The standard InChI is InChI=1S/C33H39N3O7/c1-41-31(39)29(17-22-5-3-2-4-6-22)35-33(40)34-26-13-11-25(12-14-26)32-42-28(20-36-16-15-27(38)19-36)18-30(43-32)24-9-7-23(21-37)8-10-24/h2-14,27-30,32,37-38H,15-21H2,1H3,(H2,34,35,40)/t27-,28-,29-,30+,32+/m0/s1. The Hall–Kier alpha value is -3.80. The van der Waals surface area contributed by atoms with Crippen LogP contribution in [0.2, 0.25) is 0 Å². The number of aliphatic hydroxyl groups excluding tert-OH is 2. The van der Waals surface area contributed by atoms with Crippen molar-refractivity contribution >= 4 is 17.7 Å². The van der Waals surface area contributed by atoms with E-state index in [9.17, 15) is 19.8 Å². The number of hydrogen-bond acceptors (Lipinski definition) is 8. The molecule has 228 valence electrons. The van der Waals surface area contributed by atoms with Crippen LogP contribution in [0, 0.1) is 0 Å². The van der Waals surface area contributed by atoms with Gasteiger partial charge in [-0.25, -0.2) is 9.59 Å². The maximum absolute atomic E-state index is 12.8. The summed E-state index contributed by atoms with van der Waals surface area (Å²) in [5, 5.41) is 24.9. The van der Waals surface area contributed by atoms with Crippen molar-refractivity contribution in [1.82, 2.24) is 10.2 Å². The molecule has 2 heterocycles. The first-order valence-electron chi connectivity index (χ1n) is 14.6. The molecule has 0 aliphatic carbocycles. The summed E-state index contributed by atoms with van der Waals surface area (Å²) in [5.41, 5.74) is 4.07. The molecule has 2 fully saturated rings. The lowest BCUT2D eigenvalue weighted by molar-refractivity contribution is -0.252. The summed E-state index contributed by atoms with van der Waals surface area (Å²) in [4.78, 5) is 27.3. The van der Waals surface area contributed by atoms with Crippen molar-refractivity contribution in [2.24, 2.45) is 0 Å². The number of rotatable bonds is 10. The number of β-amino-alcohol motifs (C(OH)–C–C–N with tert-alkyl or cyclic N) is 1. The van der Waals surface area contributed by atoms with E-state index in [4.69, 9.17) is 14.2 Å². The fourth-order valence-electron chi connectivity index (χ4n) is 5.53. The second-order valence-electron chi connectivity index (χ2n) is 11.0. The van der Waals surface area contributed by atoms with Crippen LogP contribution in [0.4, 0.5) is 10.5 Å². The summed E-state index contributed by atoms with van der Waals surface area (Å²) in [6.07, 6.45) is 0.446. The zero-order chi connectivity index (χ0) is 30.2. The number of carbonyl (C=O) groups excluding carboxylic acids is 2. The summed E-state index contributed by atoms with van der Waals surface area (Å²) in [6, 6.07) is 23.0. The van der Waals surface area contributed by atoms with Crippen LogP contribution in [-0.4, -0.2) is 72.1 Å². The van der Waals surface area contributed by atoms with Crippen molar-refractivity contribution in [1.29, 1.82) is 0 Å². The summed E-state index contributed by atoms with van der Waals surface area (Å²) in [5.74, 6) is -0.528. The fourth-order valence-corrected chi connectivity index (χ4v) is 5.53. The Labute approximate surface area is 251 Å². The van der Waals surface area contributed by atoms with Crippen LogP contribution in [0.3, 0.4) is 0 Å². The Kier molecular flexibility index (Phi) is 10.4. The number of nitrogens with one attached hydrogen (secondary N) is 2. The molecule has 10 heteroatoms. The molecule has 0 unspecified atom stereocenters. The van der Waals surface area contributed by atoms with Crippen molar-refractivity contribution in [2.75, 3.05) is 32.1 Å². The van der Waals surface area contributed by atoms with E-state index in [1.54, 1.807) is 12.1 Å². The van der Waals surface area contributed by atoms with E-state index in [1.807, 2.05) is 66.7 Å². The van der Waals surface area contributed by atoms with Gasteiger partial charge in [0.15, 0.2) is 6.29 Å². The van der Waals surface area contributed by atoms with Gasteiger partial charge in [0.1, 0.15) is 6.04 Å². The van der Waals surface area contributed by atoms with E-state index < -0.39 is 24.3 Å². The molecule has 4 N–H and O–H groups in total. The first kappa shape index (κ1) is 30.7. The fraction of sp³-hybridized carbons (Fsp3) is 0.394. The average molecular weight is 590 g/mol. The highest BCUT2D eigenvalue weighted by molar-refractivity contribution is 5.92. The van der Waals surface area contributed by atoms with Gasteiger partial charge >= 0.3 is 12.0 Å². The number of anilines is 1. The van der Waals surface area contributed by atoms with Gasteiger partial charge in [0.05, 0.1) is 32.0 Å². The highest BCUT2D eigenvalue weighted by Gasteiger charge is 2.34. The van der Waals surface area contributed by atoms with E-state index in [-0.39, 0.29) is 24.9 Å². The number of urea groups is 1.